The molecule has 0 spiro atoms. The van der Waals surface area contributed by atoms with Crippen molar-refractivity contribution in [2.45, 2.75) is 4.90 Å². The van der Waals surface area contributed by atoms with Gasteiger partial charge < -0.3 is 10.1 Å². The molecule has 0 fully saturated rings. The molecule has 0 aliphatic heterocycles. The van der Waals surface area contributed by atoms with E-state index in [0.717, 1.165) is 16.5 Å². The molecule has 0 bridgehead atoms. The molecule has 33 heavy (non-hydrogen) atoms. The zero-order valence-corrected chi connectivity index (χ0v) is 18.8. The second-order valence-electron chi connectivity index (χ2n) is 7.08. The van der Waals surface area contributed by atoms with Gasteiger partial charge >= 0.3 is 0 Å². The van der Waals surface area contributed by atoms with Crippen LogP contribution in [0.3, 0.4) is 0 Å². The summed E-state index contributed by atoms with van der Waals surface area (Å²) in [6, 6.07) is 8.33. The Morgan fingerprint density at radius 2 is 1.94 bits per heavy atom. The van der Waals surface area contributed by atoms with Gasteiger partial charge in [-0.2, -0.15) is 5.10 Å². The van der Waals surface area contributed by atoms with Crippen LogP contribution in [0.2, 0.25) is 0 Å². The number of ether oxygens (including phenoxy) is 1. The Bertz CT molecular complexity index is 1610. The van der Waals surface area contributed by atoms with Crippen molar-refractivity contribution in [2.75, 3.05) is 26.5 Å². The Hall–Kier alpha value is -4.03. The van der Waals surface area contributed by atoms with Crippen molar-refractivity contribution < 1.29 is 13.2 Å². The zero-order chi connectivity index (χ0) is 23.2. The highest BCUT2D eigenvalue weighted by molar-refractivity contribution is 7.89. The first-order chi connectivity index (χ1) is 16.0. The molecule has 4 aromatic heterocycles. The molecule has 11 nitrogen and oxygen atoms in total. The van der Waals surface area contributed by atoms with Crippen molar-refractivity contribution in [3.8, 4) is 22.7 Å². The lowest BCUT2D eigenvalue weighted by molar-refractivity contribution is 0.410. The van der Waals surface area contributed by atoms with Crippen LogP contribution in [0, 0.1) is 0 Å². The minimum Gasteiger partial charge on any atom is -0.494 e. The summed E-state index contributed by atoms with van der Waals surface area (Å²) in [4.78, 5) is 9.11. The fourth-order valence-corrected chi connectivity index (χ4v) is 4.40. The molecule has 0 saturated heterocycles. The third kappa shape index (κ3) is 3.36. The van der Waals surface area contributed by atoms with Gasteiger partial charge in [0.1, 0.15) is 11.4 Å². The van der Waals surface area contributed by atoms with Gasteiger partial charge in [-0.25, -0.2) is 27.3 Å². The number of hydrogen-bond donors (Lipinski definition) is 2. The quantitative estimate of drug-likeness (QED) is 0.391. The van der Waals surface area contributed by atoms with Crippen LogP contribution in [0.5, 0.6) is 5.75 Å². The molecule has 12 heteroatoms. The van der Waals surface area contributed by atoms with Gasteiger partial charge in [0.05, 0.1) is 40.4 Å². The Kier molecular flexibility index (Phi) is 4.95. The lowest BCUT2D eigenvalue weighted by Gasteiger charge is -2.12. The van der Waals surface area contributed by atoms with Crippen molar-refractivity contribution in [3.05, 3.63) is 55.1 Å². The van der Waals surface area contributed by atoms with Crippen molar-refractivity contribution in [1.29, 1.82) is 0 Å². The number of sulfonamides is 1. The topological polar surface area (TPSA) is 128 Å². The maximum atomic E-state index is 12.2. The van der Waals surface area contributed by atoms with E-state index in [1.54, 1.807) is 47.0 Å². The van der Waals surface area contributed by atoms with Crippen molar-refractivity contribution in [1.82, 2.24) is 34.1 Å². The third-order valence-corrected chi connectivity index (χ3v) is 6.73. The maximum Gasteiger partial charge on any atom is 0.240 e. The second-order valence-corrected chi connectivity index (χ2v) is 8.97. The molecule has 1 aromatic carbocycles. The Labute approximate surface area is 189 Å². The summed E-state index contributed by atoms with van der Waals surface area (Å²) < 4.78 is 35.7. The number of methoxy groups -OCH3 is 1. The minimum absolute atomic E-state index is 0.0932. The van der Waals surface area contributed by atoms with Gasteiger partial charge in [-0.05, 0) is 31.3 Å². The predicted octanol–water partition coefficient (Wildman–Crippen LogP) is 2.09. The van der Waals surface area contributed by atoms with Gasteiger partial charge in [0, 0.05) is 31.7 Å². The zero-order valence-electron chi connectivity index (χ0n) is 18.0. The van der Waals surface area contributed by atoms with E-state index < -0.39 is 10.0 Å². The first-order valence-corrected chi connectivity index (χ1v) is 11.4. The van der Waals surface area contributed by atoms with E-state index in [1.165, 1.54) is 26.3 Å². The smallest absolute Gasteiger partial charge is 0.240 e. The summed E-state index contributed by atoms with van der Waals surface area (Å²) in [7, 11) is 0.990. The molecule has 0 saturated carbocycles. The summed E-state index contributed by atoms with van der Waals surface area (Å²) in [6.45, 7) is 0. The highest BCUT2D eigenvalue weighted by atomic mass is 32.2. The highest BCUT2D eigenvalue weighted by Crippen LogP contribution is 2.33. The number of hydrogen-bond acceptors (Lipinski definition) is 8. The molecule has 0 aliphatic carbocycles. The monoisotopic (exact) mass is 464 g/mol. The van der Waals surface area contributed by atoms with Crippen LogP contribution in [-0.4, -0.2) is 59.0 Å². The molecule has 0 amide bonds. The lowest BCUT2D eigenvalue weighted by Crippen LogP contribution is -2.18. The van der Waals surface area contributed by atoms with E-state index in [4.69, 9.17) is 4.74 Å². The van der Waals surface area contributed by atoms with Crippen LogP contribution >= 0.6 is 0 Å². The number of rotatable bonds is 6. The SMILES string of the molecule is CNc1nn(-c2ccc(S(=O)(=O)NC)cc2OC)c2cc(-c3cnn4cccnc34)ncc12. The van der Waals surface area contributed by atoms with Crippen LogP contribution in [0.1, 0.15) is 0 Å². The molecule has 4 heterocycles. The molecular weight excluding hydrogens is 444 g/mol. The Balaban J connectivity index is 1.73. The van der Waals surface area contributed by atoms with Crippen LogP contribution in [0.4, 0.5) is 5.82 Å². The number of fused-ring (bicyclic) bond motifs is 2. The maximum absolute atomic E-state index is 12.2. The standard InChI is InChI=1S/C21H20N8O3S/c1-22-20-15-11-25-16(14-12-26-28-8-4-7-24-21(14)28)10-18(15)29(27-20)17-6-5-13(9-19(17)32-3)33(30,31)23-2/h4-12,23H,1-3H3,(H,22,27). The summed E-state index contributed by atoms with van der Waals surface area (Å²) in [5.74, 6) is 0.977. The number of benzene rings is 1. The van der Waals surface area contributed by atoms with Crippen molar-refractivity contribution in [3.63, 3.8) is 0 Å². The lowest BCUT2D eigenvalue weighted by atomic mass is 10.2. The molecule has 5 aromatic rings. The third-order valence-electron chi connectivity index (χ3n) is 5.32. The summed E-state index contributed by atoms with van der Waals surface area (Å²) >= 11 is 0. The van der Waals surface area contributed by atoms with E-state index in [-0.39, 0.29) is 4.90 Å². The fourth-order valence-electron chi connectivity index (χ4n) is 3.65. The number of aromatic nitrogens is 6. The average molecular weight is 465 g/mol. The summed E-state index contributed by atoms with van der Waals surface area (Å²) in [6.07, 6.45) is 6.97. The summed E-state index contributed by atoms with van der Waals surface area (Å²) in [5.41, 5.74) is 3.46. The van der Waals surface area contributed by atoms with E-state index in [9.17, 15) is 8.42 Å². The fraction of sp³-hybridized carbons (Fsp3) is 0.143. The number of nitrogens with zero attached hydrogens (tertiary/aromatic N) is 6. The van der Waals surface area contributed by atoms with Crippen LogP contribution in [-0.2, 0) is 10.0 Å². The largest absolute Gasteiger partial charge is 0.494 e. The van der Waals surface area contributed by atoms with Gasteiger partial charge in [0.2, 0.25) is 10.0 Å². The molecule has 168 valence electrons. The molecule has 2 N–H and O–H groups in total. The summed E-state index contributed by atoms with van der Waals surface area (Å²) in [5, 5.41) is 12.9. The van der Waals surface area contributed by atoms with Crippen molar-refractivity contribution in [2.24, 2.45) is 0 Å². The van der Waals surface area contributed by atoms with E-state index >= 15 is 0 Å². The number of anilines is 1. The molecule has 0 atom stereocenters. The first kappa shape index (κ1) is 20.8. The van der Waals surface area contributed by atoms with Gasteiger partial charge in [-0.15, -0.1) is 5.10 Å². The van der Waals surface area contributed by atoms with Gasteiger partial charge in [0.15, 0.2) is 11.5 Å². The molecule has 0 aliphatic rings. The predicted molar refractivity (Wildman–Crippen MR) is 123 cm³/mol. The van der Waals surface area contributed by atoms with E-state index in [1.807, 2.05) is 12.3 Å². The van der Waals surface area contributed by atoms with E-state index in [2.05, 4.69) is 30.2 Å². The molecule has 0 radical (unpaired) electrons. The second kappa shape index (κ2) is 7.83. The van der Waals surface area contributed by atoms with Crippen LogP contribution < -0.4 is 14.8 Å². The number of pyridine rings is 1. The molecular formula is C21H20N8O3S. The van der Waals surface area contributed by atoms with Crippen LogP contribution in [0.25, 0.3) is 33.5 Å². The normalized spacial score (nSPS) is 11.8. The molecule has 0 unspecified atom stereocenters. The first-order valence-electron chi connectivity index (χ1n) is 9.94. The van der Waals surface area contributed by atoms with Gasteiger partial charge in [0.25, 0.3) is 0 Å². The van der Waals surface area contributed by atoms with Crippen molar-refractivity contribution >= 4 is 32.4 Å². The van der Waals surface area contributed by atoms with Gasteiger partial charge in [-0.3, -0.25) is 4.98 Å². The number of nitrogens with one attached hydrogen (secondary N) is 2. The average Bonchev–Trinajstić information content (AvgIpc) is 3.44. The Morgan fingerprint density at radius 1 is 1.09 bits per heavy atom. The highest BCUT2D eigenvalue weighted by Gasteiger charge is 2.20. The van der Waals surface area contributed by atoms with E-state index in [0.29, 0.717) is 28.6 Å². The van der Waals surface area contributed by atoms with Crippen LogP contribution in [0.15, 0.2) is 60.0 Å². The Morgan fingerprint density at radius 3 is 2.70 bits per heavy atom. The molecule has 5 rings (SSSR count). The minimum atomic E-state index is -3.63. The van der Waals surface area contributed by atoms with Gasteiger partial charge in [-0.1, -0.05) is 0 Å².